The molecular weight excluding hydrogens is 328 g/mol. The SMILES string of the molecule is CC1=CCCC=C1N(CCC1CC[N+](C)(C)CC1)C1Cc2ccccc2C1. The molecule has 0 amide bonds. The summed E-state index contributed by atoms with van der Waals surface area (Å²) in [5.41, 5.74) is 6.18. The molecule has 1 saturated heterocycles. The monoisotopic (exact) mass is 365 g/mol. The van der Waals surface area contributed by atoms with E-state index in [4.69, 9.17) is 0 Å². The fourth-order valence-corrected chi connectivity index (χ4v) is 5.32. The second-order valence-electron chi connectivity index (χ2n) is 9.69. The Labute approximate surface area is 166 Å². The minimum Gasteiger partial charge on any atom is -0.368 e. The van der Waals surface area contributed by atoms with Crippen molar-refractivity contribution in [3.63, 3.8) is 0 Å². The minimum absolute atomic E-state index is 0.644. The minimum atomic E-state index is 0.644. The molecule has 2 nitrogen and oxygen atoms in total. The summed E-state index contributed by atoms with van der Waals surface area (Å²) < 4.78 is 1.21. The molecule has 1 aliphatic heterocycles. The Bertz CT molecular complexity index is 693. The predicted octanol–water partition coefficient (Wildman–Crippen LogP) is 4.96. The summed E-state index contributed by atoms with van der Waals surface area (Å²) in [6.07, 6.45) is 14.0. The lowest BCUT2D eigenvalue weighted by molar-refractivity contribution is -0.896. The molecule has 1 fully saturated rings. The predicted molar refractivity (Wildman–Crippen MR) is 115 cm³/mol. The van der Waals surface area contributed by atoms with Crippen molar-refractivity contribution in [1.82, 2.24) is 4.90 Å². The van der Waals surface area contributed by atoms with Gasteiger partial charge in [0.2, 0.25) is 0 Å². The highest BCUT2D eigenvalue weighted by molar-refractivity contribution is 5.37. The van der Waals surface area contributed by atoms with Gasteiger partial charge in [-0.05, 0) is 74.5 Å². The number of hydrogen-bond acceptors (Lipinski definition) is 1. The van der Waals surface area contributed by atoms with Crippen molar-refractivity contribution < 1.29 is 4.48 Å². The molecule has 0 atom stereocenters. The zero-order valence-electron chi connectivity index (χ0n) is 17.6. The summed E-state index contributed by atoms with van der Waals surface area (Å²) >= 11 is 0. The van der Waals surface area contributed by atoms with Crippen LogP contribution in [0.25, 0.3) is 0 Å². The largest absolute Gasteiger partial charge is 0.368 e. The van der Waals surface area contributed by atoms with Crippen LogP contribution in [0.4, 0.5) is 0 Å². The summed E-state index contributed by atoms with van der Waals surface area (Å²) in [6.45, 7) is 6.25. The van der Waals surface area contributed by atoms with Gasteiger partial charge in [0.15, 0.2) is 0 Å². The van der Waals surface area contributed by atoms with E-state index < -0.39 is 0 Å². The van der Waals surface area contributed by atoms with Gasteiger partial charge in [-0.25, -0.2) is 0 Å². The van der Waals surface area contributed by atoms with Gasteiger partial charge in [0.1, 0.15) is 0 Å². The van der Waals surface area contributed by atoms with Crippen molar-refractivity contribution in [2.45, 2.75) is 57.9 Å². The Balaban J connectivity index is 1.46. The van der Waals surface area contributed by atoms with Crippen LogP contribution < -0.4 is 0 Å². The second-order valence-corrected chi connectivity index (χ2v) is 9.69. The normalized spacial score (nSPS) is 22.9. The smallest absolute Gasteiger partial charge is 0.0785 e. The maximum Gasteiger partial charge on any atom is 0.0785 e. The van der Waals surface area contributed by atoms with E-state index in [0.717, 1.165) is 5.92 Å². The fourth-order valence-electron chi connectivity index (χ4n) is 5.32. The molecular formula is C25H37N2+. The van der Waals surface area contributed by atoms with Gasteiger partial charge in [0.05, 0.1) is 27.2 Å². The van der Waals surface area contributed by atoms with E-state index in [0.29, 0.717) is 6.04 Å². The molecule has 1 heterocycles. The molecule has 1 aromatic carbocycles. The molecule has 0 saturated carbocycles. The highest BCUT2D eigenvalue weighted by Crippen LogP contribution is 2.33. The Hall–Kier alpha value is -1.54. The number of nitrogens with zero attached hydrogens (tertiary/aromatic N) is 2. The molecule has 27 heavy (non-hydrogen) atoms. The lowest BCUT2D eigenvalue weighted by Gasteiger charge is -2.39. The van der Waals surface area contributed by atoms with Crippen LogP contribution in [0.5, 0.6) is 0 Å². The van der Waals surface area contributed by atoms with Gasteiger partial charge in [-0.1, -0.05) is 36.4 Å². The zero-order valence-corrected chi connectivity index (χ0v) is 17.6. The van der Waals surface area contributed by atoms with Crippen molar-refractivity contribution in [2.75, 3.05) is 33.7 Å². The summed E-state index contributed by atoms with van der Waals surface area (Å²) in [5, 5.41) is 0. The maximum atomic E-state index is 2.79. The molecule has 0 N–H and O–H groups in total. The van der Waals surface area contributed by atoms with Crippen molar-refractivity contribution in [3.05, 3.63) is 58.8 Å². The maximum absolute atomic E-state index is 2.79. The van der Waals surface area contributed by atoms with Crippen LogP contribution in [0.1, 0.15) is 50.2 Å². The van der Waals surface area contributed by atoms with Gasteiger partial charge in [-0.3, -0.25) is 0 Å². The third kappa shape index (κ3) is 4.32. The van der Waals surface area contributed by atoms with Crippen LogP contribution in [0.2, 0.25) is 0 Å². The van der Waals surface area contributed by atoms with Gasteiger partial charge in [-0.2, -0.15) is 0 Å². The standard InChI is InChI=1S/C25H37N2/c1-20-8-4-7-11-25(20)26(15-12-21-13-16-27(2,3)17-14-21)24-18-22-9-5-6-10-23(22)19-24/h5-6,8-11,21,24H,4,7,12-19H2,1-3H3/q+1. The number of likely N-dealkylation sites (tertiary alicyclic amines) is 1. The van der Waals surface area contributed by atoms with Crippen LogP contribution in [0.15, 0.2) is 47.7 Å². The molecule has 0 bridgehead atoms. The average molecular weight is 366 g/mol. The average Bonchev–Trinajstić information content (AvgIpc) is 3.08. The lowest BCUT2D eigenvalue weighted by atomic mass is 9.91. The van der Waals surface area contributed by atoms with Gasteiger partial charge in [0.25, 0.3) is 0 Å². The molecule has 0 aromatic heterocycles. The first-order valence-corrected chi connectivity index (χ1v) is 11.0. The number of rotatable bonds is 5. The van der Waals surface area contributed by atoms with E-state index >= 15 is 0 Å². The van der Waals surface area contributed by atoms with Gasteiger partial charge in [-0.15, -0.1) is 0 Å². The molecule has 0 radical (unpaired) electrons. The topological polar surface area (TPSA) is 3.24 Å². The van der Waals surface area contributed by atoms with E-state index in [-0.39, 0.29) is 0 Å². The Morgan fingerprint density at radius 3 is 2.22 bits per heavy atom. The third-order valence-electron chi connectivity index (χ3n) is 7.20. The van der Waals surface area contributed by atoms with Crippen molar-refractivity contribution in [3.8, 4) is 0 Å². The Morgan fingerprint density at radius 2 is 1.59 bits per heavy atom. The first-order chi connectivity index (χ1) is 13.0. The molecule has 2 aliphatic carbocycles. The van der Waals surface area contributed by atoms with Crippen LogP contribution in [0, 0.1) is 5.92 Å². The van der Waals surface area contributed by atoms with Crippen LogP contribution >= 0.6 is 0 Å². The summed E-state index contributed by atoms with van der Waals surface area (Å²) in [5.74, 6) is 0.913. The van der Waals surface area contributed by atoms with E-state index in [9.17, 15) is 0 Å². The highest BCUT2D eigenvalue weighted by Gasteiger charge is 2.31. The first kappa shape index (κ1) is 18.8. The van der Waals surface area contributed by atoms with Gasteiger partial charge in [0, 0.05) is 18.3 Å². The Morgan fingerprint density at radius 1 is 0.963 bits per heavy atom. The number of hydrogen-bond donors (Lipinski definition) is 0. The molecule has 3 aliphatic rings. The van der Waals surface area contributed by atoms with Crippen molar-refractivity contribution in [2.24, 2.45) is 5.92 Å². The number of piperidine rings is 1. The van der Waals surface area contributed by atoms with Gasteiger partial charge < -0.3 is 9.38 Å². The molecule has 0 unspecified atom stereocenters. The van der Waals surface area contributed by atoms with Crippen molar-refractivity contribution in [1.29, 1.82) is 0 Å². The fraction of sp³-hybridized carbons (Fsp3) is 0.600. The summed E-state index contributed by atoms with van der Waals surface area (Å²) in [7, 11) is 4.78. The summed E-state index contributed by atoms with van der Waals surface area (Å²) in [6, 6.07) is 9.74. The molecule has 1 aromatic rings. The van der Waals surface area contributed by atoms with Crippen molar-refractivity contribution >= 4 is 0 Å². The molecule has 146 valence electrons. The second kappa shape index (κ2) is 7.83. The summed E-state index contributed by atoms with van der Waals surface area (Å²) in [4.78, 5) is 2.79. The molecule has 4 rings (SSSR count). The lowest BCUT2D eigenvalue weighted by Crippen LogP contribution is -2.46. The van der Waals surface area contributed by atoms with E-state index in [1.807, 2.05) is 0 Å². The number of benzene rings is 1. The van der Waals surface area contributed by atoms with Crippen LogP contribution in [0.3, 0.4) is 0 Å². The molecule has 0 spiro atoms. The van der Waals surface area contributed by atoms with E-state index in [1.165, 1.54) is 80.3 Å². The van der Waals surface area contributed by atoms with Gasteiger partial charge >= 0.3 is 0 Å². The first-order valence-electron chi connectivity index (χ1n) is 11.0. The van der Waals surface area contributed by atoms with E-state index in [2.05, 4.69) is 62.3 Å². The number of allylic oxidation sites excluding steroid dienone is 3. The van der Waals surface area contributed by atoms with E-state index in [1.54, 1.807) is 11.1 Å². The third-order valence-corrected chi connectivity index (χ3v) is 7.20. The zero-order chi connectivity index (χ0) is 18.9. The Kier molecular flexibility index (Phi) is 5.45. The number of quaternary nitrogens is 1. The highest BCUT2D eigenvalue weighted by atomic mass is 15.3. The van der Waals surface area contributed by atoms with Crippen LogP contribution in [-0.4, -0.2) is 49.2 Å². The molecule has 2 heteroatoms. The quantitative estimate of drug-likeness (QED) is 0.667. The van der Waals surface area contributed by atoms with Crippen LogP contribution in [-0.2, 0) is 12.8 Å². The number of fused-ring (bicyclic) bond motifs is 1.